The summed E-state index contributed by atoms with van der Waals surface area (Å²) in [5.41, 5.74) is 2.42. The van der Waals surface area contributed by atoms with E-state index in [2.05, 4.69) is 10.6 Å². The summed E-state index contributed by atoms with van der Waals surface area (Å²) in [7, 11) is 1.50. The molecular formula is C27H33FN4O7. The van der Waals surface area contributed by atoms with Gasteiger partial charge >= 0.3 is 6.09 Å². The maximum absolute atomic E-state index is 15.0. The molecule has 0 radical (unpaired) electrons. The number of rotatable bonds is 11. The largest absolute Gasteiger partial charge is 0.486 e. The normalized spacial score (nSPS) is 21.0. The van der Waals surface area contributed by atoms with Gasteiger partial charge in [0.05, 0.1) is 50.0 Å². The van der Waals surface area contributed by atoms with Crippen molar-refractivity contribution in [3.63, 3.8) is 0 Å². The van der Waals surface area contributed by atoms with Crippen LogP contribution in [0.3, 0.4) is 0 Å². The minimum atomic E-state index is -1.02. The molecule has 2 atom stereocenters. The van der Waals surface area contributed by atoms with Crippen LogP contribution in [0.2, 0.25) is 0 Å². The number of ether oxygens (including phenoxy) is 4. The lowest BCUT2D eigenvalue weighted by Crippen LogP contribution is -2.39. The maximum Gasteiger partial charge on any atom is 0.414 e. The van der Waals surface area contributed by atoms with Crippen molar-refractivity contribution in [3.05, 3.63) is 65.2 Å². The number of cyclic esters (lactones) is 1. The first kappa shape index (κ1) is 26.9. The van der Waals surface area contributed by atoms with Crippen LogP contribution in [0.25, 0.3) is 0 Å². The maximum atomic E-state index is 15.0. The number of amides is 1. The van der Waals surface area contributed by atoms with E-state index < -0.39 is 24.6 Å². The molecule has 1 saturated heterocycles. The van der Waals surface area contributed by atoms with Gasteiger partial charge in [0.2, 0.25) is 0 Å². The van der Waals surface area contributed by atoms with Crippen molar-refractivity contribution in [2.75, 3.05) is 58.0 Å². The SMILES string of the molecule is COC1=CC=C2NC=C(F)C(CCCNC[C@@H]3CN(c4ccc5c(c4)OCCO5)C(=O)O3)=C2N1CC(O)CO. The Bertz CT molecular complexity index is 1210. The minimum absolute atomic E-state index is 0.0481. The van der Waals surface area contributed by atoms with Crippen molar-refractivity contribution in [1.29, 1.82) is 0 Å². The van der Waals surface area contributed by atoms with Gasteiger partial charge in [-0.05, 0) is 37.6 Å². The highest BCUT2D eigenvalue weighted by Crippen LogP contribution is 2.36. The van der Waals surface area contributed by atoms with E-state index >= 15 is 0 Å². The zero-order valence-corrected chi connectivity index (χ0v) is 21.7. The van der Waals surface area contributed by atoms with E-state index in [9.17, 15) is 19.4 Å². The Balaban J connectivity index is 1.16. The summed E-state index contributed by atoms with van der Waals surface area (Å²) in [6, 6.07) is 5.38. The van der Waals surface area contributed by atoms with Gasteiger partial charge in [-0.2, -0.15) is 0 Å². The second-order valence-electron chi connectivity index (χ2n) is 9.45. The number of hydrogen-bond donors (Lipinski definition) is 4. The topological polar surface area (TPSA) is 125 Å². The molecule has 0 aromatic heterocycles. The van der Waals surface area contributed by atoms with Gasteiger partial charge in [-0.25, -0.2) is 9.18 Å². The Labute approximate surface area is 225 Å². The first-order chi connectivity index (χ1) is 19.0. The number of hydrogen-bond acceptors (Lipinski definition) is 10. The third kappa shape index (κ3) is 5.82. The number of benzene rings is 1. The molecule has 4 N–H and O–H groups in total. The number of methoxy groups -OCH3 is 1. The van der Waals surface area contributed by atoms with E-state index in [1.54, 1.807) is 34.1 Å². The third-order valence-electron chi connectivity index (χ3n) is 6.79. The molecule has 1 aromatic carbocycles. The molecule has 4 aliphatic rings. The Morgan fingerprint density at radius 2 is 2.08 bits per heavy atom. The van der Waals surface area contributed by atoms with E-state index in [4.69, 9.17) is 18.9 Å². The van der Waals surface area contributed by atoms with Crippen molar-refractivity contribution in [2.45, 2.75) is 25.0 Å². The number of carbonyl (C=O) groups excluding carboxylic acids is 1. The fourth-order valence-corrected chi connectivity index (χ4v) is 4.92. The summed E-state index contributed by atoms with van der Waals surface area (Å²) < 4.78 is 37.1. The molecule has 0 spiro atoms. The van der Waals surface area contributed by atoms with E-state index in [1.807, 2.05) is 6.07 Å². The number of fused-ring (bicyclic) bond motifs is 2. The molecule has 210 valence electrons. The van der Waals surface area contributed by atoms with Crippen LogP contribution in [0.4, 0.5) is 14.9 Å². The van der Waals surface area contributed by atoms with Crippen LogP contribution in [-0.4, -0.2) is 86.5 Å². The Kier molecular flexibility index (Phi) is 8.24. The van der Waals surface area contributed by atoms with Crippen LogP contribution in [-0.2, 0) is 9.47 Å². The Morgan fingerprint density at radius 1 is 1.26 bits per heavy atom. The molecule has 1 aromatic rings. The summed E-state index contributed by atoms with van der Waals surface area (Å²) in [5.74, 6) is 1.31. The average Bonchev–Trinajstić information content (AvgIpc) is 3.33. The number of nitrogens with one attached hydrogen (secondary N) is 2. The van der Waals surface area contributed by atoms with Crippen molar-refractivity contribution in [3.8, 4) is 11.5 Å². The number of nitrogens with zero attached hydrogens (tertiary/aromatic N) is 2. The van der Waals surface area contributed by atoms with Gasteiger partial charge in [-0.3, -0.25) is 4.90 Å². The van der Waals surface area contributed by atoms with Crippen molar-refractivity contribution in [2.24, 2.45) is 0 Å². The standard InChI is InChI=1S/C27H33FN4O7/c1-36-25-7-5-22-26(32(25)14-18(34)16-33)20(21(28)13-30-22)3-2-8-29-12-19-15-31(27(35)39-19)17-4-6-23-24(11-17)38-10-9-37-23/h4-7,11,13,18-19,29-30,33-34H,2-3,8-10,12,14-16H2,1H3/t18?,19-/m1/s1. The monoisotopic (exact) mass is 544 g/mol. The van der Waals surface area contributed by atoms with Gasteiger partial charge in [-0.1, -0.05) is 0 Å². The first-order valence-electron chi connectivity index (χ1n) is 13.0. The zero-order chi connectivity index (χ0) is 27.4. The van der Waals surface area contributed by atoms with Gasteiger partial charge in [0.1, 0.15) is 25.1 Å². The van der Waals surface area contributed by atoms with Gasteiger partial charge in [0.15, 0.2) is 17.4 Å². The first-order valence-corrected chi connectivity index (χ1v) is 13.0. The van der Waals surface area contributed by atoms with Crippen molar-refractivity contribution in [1.82, 2.24) is 15.5 Å². The number of allylic oxidation sites excluding steroid dienone is 4. The highest BCUT2D eigenvalue weighted by molar-refractivity contribution is 5.90. The van der Waals surface area contributed by atoms with Crippen LogP contribution in [0.15, 0.2) is 65.2 Å². The molecule has 1 unspecified atom stereocenters. The second-order valence-corrected chi connectivity index (χ2v) is 9.45. The Hall–Kier alpha value is -3.74. The van der Waals surface area contributed by atoms with Crippen molar-refractivity contribution < 1.29 is 38.3 Å². The average molecular weight is 545 g/mol. The van der Waals surface area contributed by atoms with Crippen LogP contribution in [0, 0.1) is 0 Å². The lowest BCUT2D eigenvalue weighted by Gasteiger charge is -2.36. The number of β-amino-alcohol motifs (C(OH)–C–C–N with tert-alkyl or cyclic N) is 1. The van der Waals surface area contributed by atoms with E-state index in [0.29, 0.717) is 85.7 Å². The van der Waals surface area contributed by atoms with Crippen LogP contribution >= 0.6 is 0 Å². The van der Waals surface area contributed by atoms with Gasteiger partial charge in [-0.15, -0.1) is 0 Å². The van der Waals surface area contributed by atoms with Gasteiger partial charge in [0, 0.05) is 30.5 Å². The number of halogens is 1. The highest BCUT2D eigenvalue weighted by Gasteiger charge is 2.33. The van der Waals surface area contributed by atoms with E-state index in [1.165, 1.54) is 13.3 Å². The Morgan fingerprint density at radius 3 is 2.87 bits per heavy atom. The summed E-state index contributed by atoms with van der Waals surface area (Å²) in [6.07, 6.45) is 4.08. The molecule has 0 bridgehead atoms. The summed E-state index contributed by atoms with van der Waals surface area (Å²) in [5, 5.41) is 25.7. The molecule has 1 amide bonds. The number of anilines is 1. The fourth-order valence-electron chi connectivity index (χ4n) is 4.92. The summed E-state index contributed by atoms with van der Waals surface area (Å²) >= 11 is 0. The molecule has 4 heterocycles. The highest BCUT2D eigenvalue weighted by atomic mass is 19.1. The second kappa shape index (κ2) is 12.0. The third-order valence-corrected chi connectivity index (χ3v) is 6.79. The summed E-state index contributed by atoms with van der Waals surface area (Å²) in [4.78, 5) is 15.7. The minimum Gasteiger partial charge on any atom is -0.486 e. The zero-order valence-electron chi connectivity index (χ0n) is 21.7. The predicted octanol–water partition coefficient (Wildman–Crippen LogP) is 1.86. The lowest BCUT2D eigenvalue weighted by atomic mass is 9.99. The quantitative estimate of drug-likeness (QED) is 0.307. The molecule has 12 heteroatoms. The number of aliphatic hydroxyl groups excluding tert-OH is 2. The lowest BCUT2D eigenvalue weighted by molar-refractivity contribution is 0.0580. The molecule has 39 heavy (non-hydrogen) atoms. The molecular weight excluding hydrogens is 511 g/mol. The molecule has 4 aliphatic heterocycles. The van der Waals surface area contributed by atoms with E-state index in [0.717, 1.165) is 0 Å². The smallest absolute Gasteiger partial charge is 0.414 e. The molecule has 1 fully saturated rings. The van der Waals surface area contributed by atoms with E-state index in [-0.39, 0.29) is 12.6 Å². The molecule has 0 aliphatic carbocycles. The van der Waals surface area contributed by atoms with Crippen LogP contribution in [0.1, 0.15) is 12.8 Å². The fraction of sp³-hybridized carbons (Fsp3) is 0.444. The summed E-state index contributed by atoms with van der Waals surface area (Å²) in [6.45, 7) is 2.00. The molecule has 5 rings (SSSR count). The molecule has 0 saturated carbocycles. The number of carbonyl (C=O) groups is 1. The molecule has 11 nitrogen and oxygen atoms in total. The van der Waals surface area contributed by atoms with Crippen LogP contribution in [0.5, 0.6) is 11.5 Å². The predicted molar refractivity (Wildman–Crippen MR) is 139 cm³/mol. The number of aliphatic hydroxyl groups is 2. The number of dihydropyridines is 1. The van der Waals surface area contributed by atoms with Gasteiger partial charge in [0.25, 0.3) is 0 Å². The van der Waals surface area contributed by atoms with Gasteiger partial charge < -0.3 is 44.7 Å². The van der Waals surface area contributed by atoms with Crippen molar-refractivity contribution >= 4 is 11.8 Å². The van der Waals surface area contributed by atoms with Crippen LogP contribution < -0.4 is 25.0 Å².